The molecule has 0 heterocycles. The summed E-state index contributed by atoms with van der Waals surface area (Å²) in [6.45, 7) is -0.120. The second kappa shape index (κ2) is 6.02. The Hall–Kier alpha value is -0.560. The molecule has 0 aliphatic heterocycles. The summed E-state index contributed by atoms with van der Waals surface area (Å²) in [5, 5.41) is 17.8. The van der Waals surface area contributed by atoms with Crippen molar-refractivity contribution < 1.29 is 29.3 Å². The average molecular weight is 247 g/mol. The van der Waals surface area contributed by atoms with Crippen LogP contribution in [0.25, 0.3) is 0 Å². The number of rotatable bonds is 5. The highest BCUT2D eigenvalue weighted by molar-refractivity contribution is 6.61. The fourth-order valence-corrected chi connectivity index (χ4v) is 0.835. The summed E-state index contributed by atoms with van der Waals surface area (Å²) < 4.78 is 8.18. The van der Waals surface area contributed by atoms with Gasteiger partial charge in [-0.1, -0.05) is 0 Å². The second-order valence-electron chi connectivity index (χ2n) is 2.27. The number of carbonyl (C=O) groups excluding carboxylic acids is 2. The smallest absolute Gasteiger partial charge is 0.408 e. The quantitative estimate of drug-likeness (QED) is 0.430. The lowest BCUT2D eigenvalue weighted by atomic mass is 10.3. The van der Waals surface area contributed by atoms with Crippen LogP contribution in [0.5, 0.6) is 0 Å². The molecule has 0 spiro atoms. The minimum atomic E-state index is -2.66. The summed E-state index contributed by atoms with van der Waals surface area (Å²) in [6.07, 6.45) is -0.300. The number of ether oxygens (including phenoxy) is 2. The van der Waals surface area contributed by atoms with Gasteiger partial charge in [0.15, 0.2) is 0 Å². The van der Waals surface area contributed by atoms with Crippen molar-refractivity contribution in [2.45, 2.75) is 18.8 Å². The first kappa shape index (κ1) is 13.4. The van der Waals surface area contributed by atoms with Gasteiger partial charge in [0.1, 0.15) is 0 Å². The Morgan fingerprint density at radius 1 is 1.21 bits per heavy atom. The van der Waals surface area contributed by atoms with Crippen molar-refractivity contribution in [2.24, 2.45) is 0 Å². The van der Waals surface area contributed by atoms with E-state index in [-0.39, 0.29) is 19.4 Å². The molecule has 0 fully saturated rings. The van der Waals surface area contributed by atoms with Crippen LogP contribution in [0.15, 0.2) is 0 Å². The number of hydrogen-bond donors (Lipinski definition) is 2. The zero-order chi connectivity index (χ0) is 11.2. The van der Waals surface area contributed by atoms with E-state index in [4.69, 9.17) is 33.4 Å². The summed E-state index contributed by atoms with van der Waals surface area (Å²) in [6, 6.07) is 0. The van der Waals surface area contributed by atoms with Crippen molar-refractivity contribution in [3.8, 4) is 0 Å². The number of hydrogen-bond acceptors (Lipinski definition) is 6. The maximum atomic E-state index is 10.1. The highest BCUT2D eigenvalue weighted by atomic mass is 35.5. The molecule has 2 N–H and O–H groups in total. The Labute approximate surface area is 89.3 Å². The van der Waals surface area contributed by atoms with E-state index in [0.29, 0.717) is 0 Å². The lowest BCUT2D eigenvalue weighted by Gasteiger charge is -2.19. The maximum Gasteiger partial charge on any atom is 0.408 e. The van der Waals surface area contributed by atoms with Crippen LogP contribution in [0.4, 0.5) is 9.59 Å². The number of halogens is 2. The Balaban J connectivity index is 3.65. The summed E-state index contributed by atoms with van der Waals surface area (Å²) in [4.78, 5) is 20.2. The number of carbonyl (C=O) groups is 2. The molecule has 6 nitrogen and oxygen atoms in total. The first-order valence-corrected chi connectivity index (χ1v) is 4.24. The monoisotopic (exact) mass is 246 g/mol. The Bertz CT molecular complexity index is 216. The Morgan fingerprint density at radius 3 is 2.21 bits per heavy atom. The van der Waals surface area contributed by atoms with Crippen LogP contribution < -0.4 is 0 Å². The molecule has 0 aliphatic rings. The molecule has 0 aromatic rings. The van der Waals surface area contributed by atoms with Gasteiger partial charge < -0.3 is 19.7 Å². The van der Waals surface area contributed by atoms with Gasteiger partial charge in [-0.05, 0) is 6.42 Å². The highest BCUT2D eigenvalue weighted by Crippen LogP contribution is 2.12. The van der Waals surface area contributed by atoms with E-state index in [2.05, 4.69) is 9.47 Å². The lowest BCUT2D eigenvalue weighted by Crippen LogP contribution is -2.33. The molecule has 0 rings (SSSR count). The van der Waals surface area contributed by atoms with Crippen LogP contribution in [0.1, 0.15) is 12.8 Å². The summed E-state index contributed by atoms with van der Waals surface area (Å²) >= 11 is 9.56. The molecule has 0 radical (unpaired) electrons. The zero-order valence-corrected chi connectivity index (χ0v) is 8.42. The van der Waals surface area contributed by atoms with Crippen molar-refractivity contribution in [3.63, 3.8) is 0 Å². The largest absolute Gasteiger partial charge is 0.454 e. The third-order valence-corrected chi connectivity index (χ3v) is 1.29. The van der Waals surface area contributed by atoms with Crippen molar-refractivity contribution >= 4 is 34.1 Å². The van der Waals surface area contributed by atoms with E-state index >= 15 is 0 Å². The molecular formula is C6H8Cl2O6. The molecule has 0 unspecified atom stereocenters. The van der Waals surface area contributed by atoms with Crippen LogP contribution >= 0.6 is 23.2 Å². The maximum absolute atomic E-state index is 10.1. The molecule has 82 valence electrons. The van der Waals surface area contributed by atoms with Crippen molar-refractivity contribution in [3.05, 3.63) is 0 Å². The van der Waals surface area contributed by atoms with Gasteiger partial charge in [-0.25, -0.2) is 9.59 Å². The minimum absolute atomic E-state index is 0.0512. The van der Waals surface area contributed by atoms with Gasteiger partial charge in [0, 0.05) is 29.6 Å². The fourth-order valence-electron chi connectivity index (χ4n) is 0.634. The topological polar surface area (TPSA) is 93.1 Å². The standard InChI is InChI=1S/C6H8Cl2O6/c7-4(9)13-3-1-2-6(11,12)14-5(8)10/h11-12H,1-3H2. The molecule has 0 aliphatic carbocycles. The van der Waals surface area contributed by atoms with Crippen LogP contribution in [0.3, 0.4) is 0 Å². The van der Waals surface area contributed by atoms with Gasteiger partial charge in [0.2, 0.25) is 0 Å². The molecule has 0 aromatic carbocycles. The van der Waals surface area contributed by atoms with Gasteiger partial charge in [0.25, 0.3) is 0 Å². The van der Waals surface area contributed by atoms with Gasteiger partial charge in [0.05, 0.1) is 6.61 Å². The van der Waals surface area contributed by atoms with Crippen molar-refractivity contribution in [1.29, 1.82) is 0 Å². The Kier molecular flexibility index (Phi) is 5.78. The lowest BCUT2D eigenvalue weighted by molar-refractivity contribution is -0.307. The van der Waals surface area contributed by atoms with Crippen molar-refractivity contribution in [2.75, 3.05) is 6.61 Å². The van der Waals surface area contributed by atoms with Crippen LogP contribution in [-0.4, -0.2) is 33.7 Å². The van der Waals surface area contributed by atoms with Crippen LogP contribution in [0, 0.1) is 0 Å². The van der Waals surface area contributed by atoms with E-state index < -0.39 is 16.8 Å². The van der Waals surface area contributed by atoms with E-state index in [9.17, 15) is 9.59 Å². The molecule has 8 heteroatoms. The predicted octanol–water partition coefficient (Wildman–Crippen LogP) is 1.16. The second-order valence-corrected chi connectivity index (χ2v) is 2.89. The van der Waals surface area contributed by atoms with Gasteiger partial charge in [-0.2, -0.15) is 0 Å². The molecular weight excluding hydrogens is 239 g/mol. The fraction of sp³-hybridized carbons (Fsp3) is 0.667. The Morgan fingerprint density at radius 2 is 1.79 bits per heavy atom. The molecule has 0 saturated carbocycles. The molecule has 0 amide bonds. The third kappa shape index (κ3) is 8.06. The first-order chi connectivity index (χ1) is 6.33. The summed E-state index contributed by atoms with van der Waals surface area (Å²) in [5.74, 6) is -2.66. The minimum Gasteiger partial charge on any atom is -0.454 e. The normalized spacial score (nSPS) is 10.9. The molecule has 0 saturated heterocycles. The van der Waals surface area contributed by atoms with Gasteiger partial charge in [-0.3, -0.25) is 0 Å². The number of aliphatic hydroxyl groups is 2. The van der Waals surface area contributed by atoms with E-state index in [1.54, 1.807) is 0 Å². The summed E-state index contributed by atoms with van der Waals surface area (Å²) in [7, 11) is 0. The highest BCUT2D eigenvalue weighted by Gasteiger charge is 2.27. The molecule has 14 heavy (non-hydrogen) atoms. The van der Waals surface area contributed by atoms with E-state index in [0.717, 1.165) is 0 Å². The van der Waals surface area contributed by atoms with E-state index in [1.807, 2.05) is 0 Å². The van der Waals surface area contributed by atoms with Gasteiger partial charge in [-0.15, -0.1) is 0 Å². The molecule has 0 aromatic heterocycles. The SMILES string of the molecule is O=C(Cl)OCCCC(O)(O)OC(=O)Cl. The average Bonchev–Trinajstić information content (AvgIpc) is 1.95. The zero-order valence-electron chi connectivity index (χ0n) is 6.90. The molecule has 0 atom stereocenters. The van der Waals surface area contributed by atoms with Crippen LogP contribution in [-0.2, 0) is 9.47 Å². The van der Waals surface area contributed by atoms with Gasteiger partial charge >= 0.3 is 16.8 Å². The first-order valence-electron chi connectivity index (χ1n) is 3.49. The van der Waals surface area contributed by atoms with E-state index in [1.165, 1.54) is 0 Å². The van der Waals surface area contributed by atoms with Crippen molar-refractivity contribution in [1.82, 2.24) is 0 Å². The predicted molar refractivity (Wildman–Crippen MR) is 45.9 cm³/mol. The third-order valence-electron chi connectivity index (χ3n) is 1.11. The van der Waals surface area contributed by atoms with Crippen LogP contribution in [0.2, 0.25) is 0 Å². The molecule has 0 bridgehead atoms. The summed E-state index contributed by atoms with van der Waals surface area (Å²) in [5.41, 5.74) is -2.34.